The molecule has 1 atom stereocenters. The Balaban J connectivity index is 1.77. The molecule has 1 aliphatic heterocycles. The smallest absolute Gasteiger partial charge is 0.0303 e. The molecule has 17 heavy (non-hydrogen) atoms. The molecule has 1 N–H and O–H groups in total. The fraction of sp³-hybridized carbons (Fsp3) is 0.571. The highest BCUT2D eigenvalue weighted by Crippen LogP contribution is 2.22. The van der Waals surface area contributed by atoms with Gasteiger partial charge in [-0.3, -0.25) is 0 Å². The number of nitrogens with zero attached hydrogens (tertiary/aromatic N) is 1. The van der Waals surface area contributed by atoms with Gasteiger partial charge in [0.25, 0.3) is 0 Å². The van der Waals surface area contributed by atoms with Crippen molar-refractivity contribution in [2.45, 2.75) is 25.8 Å². The summed E-state index contributed by atoms with van der Waals surface area (Å²) in [5, 5.41) is 3.59. The molecular weight excluding hydrogens is 276 g/mol. The summed E-state index contributed by atoms with van der Waals surface area (Å²) in [4.78, 5) is 2.54. The lowest BCUT2D eigenvalue weighted by molar-refractivity contribution is 0.329. The van der Waals surface area contributed by atoms with Crippen molar-refractivity contribution in [3.63, 3.8) is 0 Å². The summed E-state index contributed by atoms with van der Waals surface area (Å²) in [6.45, 7) is 7.04. The molecule has 0 aromatic heterocycles. The third kappa shape index (κ3) is 3.80. The highest BCUT2D eigenvalue weighted by molar-refractivity contribution is 9.10. The molecule has 1 fully saturated rings. The summed E-state index contributed by atoms with van der Waals surface area (Å²) >= 11 is 3.60. The van der Waals surface area contributed by atoms with E-state index in [0.717, 1.165) is 6.54 Å². The maximum absolute atomic E-state index is 3.60. The van der Waals surface area contributed by atoms with E-state index in [4.69, 9.17) is 0 Å². The Labute approximate surface area is 113 Å². The van der Waals surface area contributed by atoms with E-state index in [9.17, 15) is 0 Å². The Kier molecular flexibility index (Phi) is 5.01. The first-order valence-electron chi connectivity index (χ1n) is 6.47. The predicted molar refractivity (Wildman–Crippen MR) is 76.2 cm³/mol. The third-order valence-electron chi connectivity index (χ3n) is 3.45. The second-order valence-electron chi connectivity index (χ2n) is 4.75. The summed E-state index contributed by atoms with van der Waals surface area (Å²) in [5.41, 5.74) is 1.34. The van der Waals surface area contributed by atoms with Crippen molar-refractivity contribution in [1.29, 1.82) is 0 Å². The Morgan fingerprint density at radius 3 is 2.71 bits per heavy atom. The summed E-state index contributed by atoms with van der Waals surface area (Å²) in [6, 6.07) is 8.85. The zero-order valence-electron chi connectivity index (χ0n) is 10.5. The van der Waals surface area contributed by atoms with Gasteiger partial charge in [0.1, 0.15) is 0 Å². The number of rotatable bonds is 5. The van der Waals surface area contributed by atoms with Gasteiger partial charge in [0.2, 0.25) is 0 Å². The van der Waals surface area contributed by atoms with Crippen LogP contribution in [0.3, 0.4) is 0 Å². The van der Waals surface area contributed by atoms with Crippen LogP contribution in [0.25, 0.3) is 0 Å². The van der Waals surface area contributed by atoms with Gasteiger partial charge in [-0.2, -0.15) is 0 Å². The summed E-state index contributed by atoms with van der Waals surface area (Å²) < 4.78 is 1.20. The van der Waals surface area contributed by atoms with Gasteiger partial charge in [-0.05, 0) is 44.5 Å². The molecule has 1 heterocycles. The fourth-order valence-corrected chi connectivity index (χ4v) is 3.01. The largest absolute Gasteiger partial charge is 0.309 e. The number of halogens is 1. The van der Waals surface area contributed by atoms with Crippen molar-refractivity contribution in [3.8, 4) is 0 Å². The first kappa shape index (κ1) is 13.1. The minimum absolute atomic E-state index is 0.410. The van der Waals surface area contributed by atoms with E-state index >= 15 is 0 Å². The van der Waals surface area contributed by atoms with Crippen molar-refractivity contribution in [1.82, 2.24) is 10.2 Å². The van der Waals surface area contributed by atoms with Gasteiger partial charge in [0, 0.05) is 23.6 Å². The molecule has 0 amide bonds. The van der Waals surface area contributed by atoms with E-state index < -0.39 is 0 Å². The quantitative estimate of drug-likeness (QED) is 0.898. The first-order valence-corrected chi connectivity index (χ1v) is 7.27. The van der Waals surface area contributed by atoms with E-state index in [-0.39, 0.29) is 0 Å². The van der Waals surface area contributed by atoms with Crippen molar-refractivity contribution >= 4 is 15.9 Å². The number of likely N-dealkylation sites (tertiary alicyclic amines) is 1. The van der Waals surface area contributed by atoms with Crippen molar-refractivity contribution in [3.05, 3.63) is 34.3 Å². The lowest BCUT2D eigenvalue weighted by Gasteiger charge is -2.19. The summed E-state index contributed by atoms with van der Waals surface area (Å²) in [5.74, 6) is 0. The summed E-state index contributed by atoms with van der Waals surface area (Å²) in [6.07, 6.45) is 2.75. The number of nitrogens with one attached hydrogen (secondary N) is 1. The van der Waals surface area contributed by atoms with E-state index in [1.54, 1.807) is 0 Å². The van der Waals surface area contributed by atoms with Gasteiger partial charge in [0.05, 0.1) is 0 Å². The van der Waals surface area contributed by atoms with Gasteiger partial charge in [-0.1, -0.05) is 34.1 Å². The van der Waals surface area contributed by atoms with E-state index in [2.05, 4.69) is 57.3 Å². The van der Waals surface area contributed by atoms with Crippen LogP contribution < -0.4 is 5.32 Å². The van der Waals surface area contributed by atoms with Crippen LogP contribution >= 0.6 is 15.9 Å². The standard InChI is InChI=1S/C14H21BrN2/c1-12(13-6-2-3-7-14(13)15)16-8-11-17-9-4-5-10-17/h2-3,6-7,12,16H,4-5,8-11H2,1H3. The van der Waals surface area contributed by atoms with Crippen molar-refractivity contribution in [2.75, 3.05) is 26.2 Å². The zero-order chi connectivity index (χ0) is 12.1. The number of benzene rings is 1. The molecule has 1 saturated heterocycles. The number of hydrogen-bond acceptors (Lipinski definition) is 2. The molecule has 2 nitrogen and oxygen atoms in total. The van der Waals surface area contributed by atoms with Gasteiger partial charge >= 0.3 is 0 Å². The van der Waals surface area contributed by atoms with Crippen molar-refractivity contribution in [2.24, 2.45) is 0 Å². The van der Waals surface area contributed by atoms with Gasteiger partial charge < -0.3 is 10.2 Å². The molecule has 0 radical (unpaired) electrons. The maximum Gasteiger partial charge on any atom is 0.0303 e. The maximum atomic E-state index is 3.60. The third-order valence-corrected chi connectivity index (χ3v) is 4.17. The van der Waals surface area contributed by atoms with E-state index in [0.29, 0.717) is 6.04 Å². The van der Waals surface area contributed by atoms with Crippen LogP contribution in [0.15, 0.2) is 28.7 Å². The average molecular weight is 297 g/mol. The Morgan fingerprint density at radius 2 is 2.00 bits per heavy atom. The SMILES string of the molecule is CC(NCCN1CCCC1)c1ccccc1Br. The average Bonchev–Trinajstić information content (AvgIpc) is 2.82. The Bertz CT molecular complexity index is 348. The van der Waals surface area contributed by atoms with Gasteiger partial charge in [-0.15, -0.1) is 0 Å². The minimum atomic E-state index is 0.410. The highest BCUT2D eigenvalue weighted by Gasteiger charge is 2.12. The van der Waals surface area contributed by atoms with Gasteiger partial charge in [-0.25, -0.2) is 0 Å². The van der Waals surface area contributed by atoms with Crippen LogP contribution in [-0.2, 0) is 0 Å². The normalized spacial score (nSPS) is 18.5. The predicted octanol–water partition coefficient (Wildman–Crippen LogP) is 3.20. The molecule has 0 bridgehead atoms. The molecule has 0 spiro atoms. The lowest BCUT2D eigenvalue weighted by Crippen LogP contribution is -2.31. The van der Waals surface area contributed by atoms with Gasteiger partial charge in [0.15, 0.2) is 0 Å². The topological polar surface area (TPSA) is 15.3 Å². The molecule has 1 aromatic carbocycles. The molecule has 1 unspecified atom stereocenters. The zero-order valence-corrected chi connectivity index (χ0v) is 12.0. The van der Waals surface area contributed by atoms with Crippen molar-refractivity contribution < 1.29 is 0 Å². The molecule has 1 aromatic rings. The summed E-state index contributed by atoms with van der Waals surface area (Å²) in [7, 11) is 0. The van der Waals surface area contributed by atoms with Crippen LogP contribution in [0, 0.1) is 0 Å². The molecule has 2 rings (SSSR count). The second kappa shape index (κ2) is 6.53. The molecule has 0 aliphatic carbocycles. The van der Waals surface area contributed by atoms with Crippen LogP contribution in [0.5, 0.6) is 0 Å². The Morgan fingerprint density at radius 1 is 1.29 bits per heavy atom. The monoisotopic (exact) mass is 296 g/mol. The molecule has 94 valence electrons. The molecular formula is C14H21BrN2. The van der Waals surface area contributed by atoms with Crippen LogP contribution in [0.2, 0.25) is 0 Å². The highest BCUT2D eigenvalue weighted by atomic mass is 79.9. The second-order valence-corrected chi connectivity index (χ2v) is 5.60. The first-order chi connectivity index (χ1) is 8.27. The van der Waals surface area contributed by atoms with E-state index in [1.807, 2.05) is 0 Å². The van der Waals surface area contributed by atoms with Crippen LogP contribution in [-0.4, -0.2) is 31.1 Å². The minimum Gasteiger partial charge on any atom is -0.309 e. The van der Waals surface area contributed by atoms with Crippen LogP contribution in [0.4, 0.5) is 0 Å². The lowest BCUT2D eigenvalue weighted by atomic mass is 10.1. The number of hydrogen-bond donors (Lipinski definition) is 1. The van der Waals surface area contributed by atoms with Crippen LogP contribution in [0.1, 0.15) is 31.4 Å². The fourth-order valence-electron chi connectivity index (χ4n) is 2.38. The molecule has 3 heteroatoms. The van der Waals surface area contributed by atoms with E-state index in [1.165, 1.54) is 42.5 Å². The molecule has 1 aliphatic rings. The Hall–Kier alpha value is -0.380. The molecule has 0 saturated carbocycles.